The Morgan fingerprint density at radius 1 is 0.944 bits per heavy atom. The van der Waals surface area contributed by atoms with Gasteiger partial charge in [-0.05, 0) is 50.8 Å². The highest BCUT2D eigenvalue weighted by atomic mass is 32.2. The van der Waals surface area contributed by atoms with Gasteiger partial charge in [-0.3, -0.25) is 10.1 Å². The number of nitrogens with one attached hydrogen (secondary N) is 1. The summed E-state index contributed by atoms with van der Waals surface area (Å²) in [7, 11) is 0. The van der Waals surface area contributed by atoms with E-state index in [0.29, 0.717) is 28.3 Å². The minimum absolute atomic E-state index is 0.0392. The van der Waals surface area contributed by atoms with E-state index in [4.69, 9.17) is 4.98 Å². The van der Waals surface area contributed by atoms with Crippen LogP contribution in [0.2, 0.25) is 0 Å². The molecule has 2 aromatic carbocycles. The summed E-state index contributed by atoms with van der Waals surface area (Å²) in [4.78, 5) is 31.1. The number of nitro benzene ring substituents is 1. The van der Waals surface area contributed by atoms with Gasteiger partial charge in [0.15, 0.2) is 0 Å². The maximum Gasteiger partial charge on any atom is 0.283 e. The molecule has 1 aromatic heterocycles. The summed E-state index contributed by atoms with van der Waals surface area (Å²) in [6.07, 6.45) is 6.05. The molecule has 1 N–H and O–H groups in total. The molecule has 2 aliphatic heterocycles. The maximum atomic E-state index is 11.7. The van der Waals surface area contributed by atoms with Crippen molar-refractivity contribution in [3.05, 3.63) is 63.7 Å². The Morgan fingerprint density at radius 3 is 2.14 bits per heavy atom. The van der Waals surface area contributed by atoms with Crippen molar-refractivity contribution in [3.8, 4) is 0 Å². The summed E-state index contributed by atoms with van der Waals surface area (Å²) in [5.41, 5.74) is 4.70. The number of hydrazone groups is 1. The molecule has 0 aliphatic carbocycles. The van der Waals surface area contributed by atoms with E-state index in [1.807, 2.05) is 37.3 Å². The number of rotatable bonds is 8. The Morgan fingerprint density at radius 2 is 1.56 bits per heavy atom. The van der Waals surface area contributed by atoms with E-state index in [2.05, 4.69) is 30.3 Å². The molecule has 0 saturated carbocycles. The fourth-order valence-electron chi connectivity index (χ4n) is 4.26. The zero-order valence-corrected chi connectivity index (χ0v) is 20.9. The normalized spacial score (nSPS) is 15.7. The topological polar surface area (TPSA) is 113 Å². The van der Waals surface area contributed by atoms with Crippen molar-refractivity contribution in [2.24, 2.45) is 5.10 Å². The van der Waals surface area contributed by atoms with Crippen molar-refractivity contribution in [2.75, 3.05) is 41.4 Å². The second-order valence-corrected chi connectivity index (χ2v) is 10.0. The molecule has 186 valence electrons. The quantitative estimate of drug-likeness (QED) is 0.260. The summed E-state index contributed by atoms with van der Waals surface area (Å²) in [6, 6.07) is 13.0. The highest BCUT2D eigenvalue weighted by Crippen LogP contribution is 2.35. The first-order chi connectivity index (χ1) is 17.5. The van der Waals surface area contributed by atoms with Crippen LogP contribution in [0.4, 0.5) is 23.5 Å². The molecular formula is C25H28N8O2S. The Kier molecular flexibility index (Phi) is 7.26. The fraction of sp³-hybridized carbons (Fsp3) is 0.360. The number of anilines is 3. The molecule has 36 heavy (non-hydrogen) atoms. The molecule has 11 heteroatoms. The highest BCUT2D eigenvalue weighted by molar-refractivity contribution is 7.99. The van der Waals surface area contributed by atoms with Crippen LogP contribution in [-0.2, 0) is 0 Å². The van der Waals surface area contributed by atoms with Crippen molar-refractivity contribution in [2.45, 2.75) is 42.4 Å². The third kappa shape index (κ3) is 5.73. The van der Waals surface area contributed by atoms with Gasteiger partial charge in [0.1, 0.15) is 0 Å². The minimum atomic E-state index is -0.363. The molecule has 3 aromatic rings. The van der Waals surface area contributed by atoms with Crippen LogP contribution in [0.1, 0.15) is 36.8 Å². The first kappa shape index (κ1) is 24.0. The van der Waals surface area contributed by atoms with Crippen LogP contribution in [0, 0.1) is 17.0 Å². The SMILES string of the molecule is Cc1ccc(Sc2ccc(/C=N/Nc3nc(N4CCCC4)nc(N4CCCC4)n3)cc2[N+](=O)[O-])cc1. The Hall–Kier alpha value is -3.73. The van der Waals surface area contributed by atoms with Crippen molar-refractivity contribution < 1.29 is 4.92 Å². The molecule has 5 rings (SSSR count). The second kappa shape index (κ2) is 10.9. The molecule has 2 saturated heterocycles. The lowest BCUT2D eigenvalue weighted by atomic mass is 10.2. The minimum Gasteiger partial charge on any atom is -0.341 e. The van der Waals surface area contributed by atoms with E-state index >= 15 is 0 Å². The second-order valence-electron chi connectivity index (χ2n) is 8.92. The van der Waals surface area contributed by atoms with E-state index in [0.717, 1.165) is 62.3 Å². The molecule has 0 bridgehead atoms. The van der Waals surface area contributed by atoms with Crippen molar-refractivity contribution in [1.82, 2.24) is 15.0 Å². The predicted molar refractivity (Wildman–Crippen MR) is 142 cm³/mol. The van der Waals surface area contributed by atoms with E-state index in [-0.39, 0.29) is 10.6 Å². The standard InChI is InChI=1S/C25H28N8O2S/c1-18-6-9-20(10-7-18)36-22-11-8-19(16-21(22)33(34)35)17-26-30-23-27-24(31-12-2-3-13-31)29-25(28-23)32-14-4-5-15-32/h6-11,16-17H,2-5,12-15H2,1H3,(H,27,28,29,30)/b26-17+. The molecule has 2 aliphatic rings. The lowest BCUT2D eigenvalue weighted by Gasteiger charge is -2.20. The number of nitro groups is 1. The summed E-state index contributed by atoms with van der Waals surface area (Å²) < 4.78 is 0. The molecule has 0 unspecified atom stereocenters. The average molecular weight is 505 g/mol. The number of aromatic nitrogens is 3. The highest BCUT2D eigenvalue weighted by Gasteiger charge is 2.21. The Labute approximate surface area is 214 Å². The molecule has 0 atom stereocenters. The van der Waals surface area contributed by atoms with Crippen molar-refractivity contribution in [1.29, 1.82) is 0 Å². The number of benzene rings is 2. The van der Waals surface area contributed by atoms with Crippen LogP contribution >= 0.6 is 11.8 Å². The van der Waals surface area contributed by atoms with Crippen LogP contribution in [-0.4, -0.2) is 52.3 Å². The van der Waals surface area contributed by atoms with Crippen LogP contribution in [0.3, 0.4) is 0 Å². The van der Waals surface area contributed by atoms with Gasteiger partial charge in [-0.15, -0.1) is 0 Å². The maximum absolute atomic E-state index is 11.7. The van der Waals surface area contributed by atoms with Gasteiger partial charge in [-0.25, -0.2) is 5.43 Å². The number of hydrogen-bond acceptors (Lipinski definition) is 10. The van der Waals surface area contributed by atoms with E-state index in [9.17, 15) is 10.1 Å². The smallest absolute Gasteiger partial charge is 0.283 e. The lowest BCUT2D eigenvalue weighted by Crippen LogP contribution is -2.25. The third-order valence-electron chi connectivity index (χ3n) is 6.20. The van der Waals surface area contributed by atoms with Crippen molar-refractivity contribution in [3.63, 3.8) is 0 Å². The molecule has 2 fully saturated rings. The number of aryl methyl sites for hydroxylation is 1. The molecular weight excluding hydrogens is 476 g/mol. The summed E-state index contributed by atoms with van der Waals surface area (Å²) in [5, 5.41) is 16.0. The van der Waals surface area contributed by atoms with E-state index in [1.54, 1.807) is 12.3 Å². The number of nitrogens with zero attached hydrogens (tertiary/aromatic N) is 7. The first-order valence-corrected chi connectivity index (χ1v) is 12.9. The van der Waals surface area contributed by atoms with Gasteiger partial charge in [-0.1, -0.05) is 35.5 Å². The van der Waals surface area contributed by atoms with Gasteiger partial charge < -0.3 is 9.80 Å². The van der Waals surface area contributed by atoms with Gasteiger partial charge in [0.05, 0.1) is 16.0 Å². The van der Waals surface area contributed by atoms with Gasteiger partial charge >= 0.3 is 0 Å². The summed E-state index contributed by atoms with van der Waals surface area (Å²) >= 11 is 1.37. The predicted octanol–water partition coefficient (Wildman–Crippen LogP) is 4.89. The monoisotopic (exact) mass is 504 g/mol. The van der Waals surface area contributed by atoms with Crippen LogP contribution in [0.25, 0.3) is 0 Å². The van der Waals surface area contributed by atoms with Gasteiger partial charge in [0.2, 0.25) is 17.8 Å². The first-order valence-electron chi connectivity index (χ1n) is 12.1. The molecule has 0 amide bonds. The zero-order valence-electron chi connectivity index (χ0n) is 20.1. The molecule has 3 heterocycles. The van der Waals surface area contributed by atoms with Gasteiger partial charge in [-0.2, -0.15) is 20.1 Å². The summed E-state index contributed by atoms with van der Waals surface area (Å²) in [6.45, 7) is 5.74. The summed E-state index contributed by atoms with van der Waals surface area (Å²) in [5.74, 6) is 1.69. The number of hydrogen-bond donors (Lipinski definition) is 1. The third-order valence-corrected chi connectivity index (χ3v) is 7.27. The van der Waals surface area contributed by atoms with Crippen LogP contribution < -0.4 is 15.2 Å². The van der Waals surface area contributed by atoms with Crippen LogP contribution in [0.5, 0.6) is 0 Å². The molecule has 10 nitrogen and oxygen atoms in total. The van der Waals surface area contributed by atoms with Gasteiger partial charge in [0, 0.05) is 42.7 Å². The van der Waals surface area contributed by atoms with E-state index < -0.39 is 0 Å². The largest absolute Gasteiger partial charge is 0.341 e. The molecule has 0 spiro atoms. The molecule has 0 radical (unpaired) electrons. The Bertz CT molecular complexity index is 1220. The van der Waals surface area contributed by atoms with Crippen LogP contribution in [0.15, 0.2) is 57.4 Å². The van der Waals surface area contributed by atoms with E-state index in [1.165, 1.54) is 17.8 Å². The lowest BCUT2D eigenvalue weighted by molar-refractivity contribution is -0.387. The Balaban J connectivity index is 1.33. The zero-order chi connectivity index (χ0) is 24.9. The van der Waals surface area contributed by atoms with Gasteiger partial charge in [0.25, 0.3) is 5.69 Å². The average Bonchev–Trinajstić information content (AvgIpc) is 3.61. The van der Waals surface area contributed by atoms with Crippen molar-refractivity contribution >= 4 is 41.5 Å². The fourth-order valence-corrected chi connectivity index (χ4v) is 5.16.